The van der Waals surface area contributed by atoms with Crippen LogP contribution in [0.5, 0.6) is 0 Å². The lowest BCUT2D eigenvalue weighted by Crippen LogP contribution is -2.18. The van der Waals surface area contributed by atoms with Gasteiger partial charge >= 0.3 is 0 Å². The van der Waals surface area contributed by atoms with Gasteiger partial charge in [0.05, 0.1) is 0 Å². The van der Waals surface area contributed by atoms with Crippen molar-refractivity contribution in [3.63, 3.8) is 0 Å². The summed E-state index contributed by atoms with van der Waals surface area (Å²) in [5, 5.41) is 22.2. The molecule has 0 spiro atoms. The van der Waals surface area contributed by atoms with Gasteiger partial charge in [0.15, 0.2) is 11.6 Å². The molecule has 1 aromatic carbocycles. The molecule has 0 unspecified atom stereocenters. The van der Waals surface area contributed by atoms with Gasteiger partial charge in [0.1, 0.15) is 19.2 Å². The van der Waals surface area contributed by atoms with E-state index in [1.165, 1.54) is 17.3 Å². The fourth-order valence-electron chi connectivity index (χ4n) is 2.37. The van der Waals surface area contributed by atoms with Crippen LogP contribution in [0.15, 0.2) is 67.5 Å². The molecule has 0 aliphatic rings. The van der Waals surface area contributed by atoms with Crippen LogP contribution in [-0.4, -0.2) is 40.6 Å². The van der Waals surface area contributed by atoms with E-state index < -0.39 is 0 Å². The Morgan fingerprint density at radius 2 is 1.85 bits per heavy atom. The second-order valence-electron chi connectivity index (χ2n) is 5.57. The SMILES string of the molecule is O=C(Cn1cncn1)Nc1ccc(Nc2ccc(-n3cccn3)nn2)cc1. The van der Waals surface area contributed by atoms with Crippen LogP contribution in [0, 0.1) is 0 Å². The number of aromatic nitrogens is 7. The highest BCUT2D eigenvalue weighted by Gasteiger charge is 2.05. The van der Waals surface area contributed by atoms with Gasteiger partial charge in [-0.3, -0.25) is 4.79 Å². The van der Waals surface area contributed by atoms with Crippen molar-refractivity contribution >= 4 is 23.1 Å². The topological polar surface area (TPSA) is 115 Å². The number of rotatable bonds is 6. The van der Waals surface area contributed by atoms with Crippen molar-refractivity contribution < 1.29 is 4.79 Å². The van der Waals surface area contributed by atoms with Gasteiger partial charge in [0.2, 0.25) is 5.91 Å². The molecule has 10 nitrogen and oxygen atoms in total. The molecule has 0 fully saturated rings. The second kappa shape index (κ2) is 7.44. The molecular weight excluding hydrogens is 346 g/mol. The van der Waals surface area contributed by atoms with Gasteiger partial charge in [-0.2, -0.15) is 10.2 Å². The standard InChI is InChI=1S/C17H15N9O/c27-17(10-25-12-18-11-20-25)22-14-4-2-13(3-5-14)21-15-6-7-16(24-23-15)26-9-1-8-19-26/h1-9,11-12H,10H2,(H,21,23)(H,22,27). The molecule has 0 aliphatic heterocycles. The van der Waals surface area contributed by atoms with Crippen LogP contribution in [0.4, 0.5) is 17.2 Å². The Bertz CT molecular complexity index is 994. The van der Waals surface area contributed by atoms with Gasteiger partial charge in [0.25, 0.3) is 0 Å². The van der Waals surface area contributed by atoms with Gasteiger partial charge in [-0.15, -0.1) is 10.2 Å². The predicted octanol–water partition coefficient (Wildman–Crippen LogP) is 1.64. The van der Waals surface area contributed by atoms with Crippen LogP contribution in [0.25, 0.3) is 5.82 Å². The minimum absolute atomic E-state index is 0.109. The first-order chi connectivity index (χ1) is 13.3. The molecule has 0 saturated heterocycles. The van der Waals surface area contributed by atoms with Crippen LogP contribution in [0.3, 0.4) is 0 Å². The van der Waals surface area contributed by atoms with Crippen LogP contribution >= 0.6 is 0 Å². The fourth-order valence-corrected chi connectivity index (χ4v) is 2.37. The number of anilines is 3. The quantitative estimate of drug-likeness (QED) is 0.536. The molecule has 4 rings (SSSR count). The van der Waals surface area contributed by atoms with Crippen molar-refractivity contribution in [2.45, 2.75) is 6.54 Å². The summed E-state index contributed by atoms with van der Waals surface area (Å²) in [6.45, 7) is 0.109. The number of nitrogens with one attached hydrogen (secondary N) is 2. The maximum Gasteiger partial charge on any atom is 0.246 e. The zero-order valence-electron chi connectivity index (χ0n) is 14.1. The van der Waals surface area contributed by atoms with E-state index in [0.29, 0.717) is 17.3 Å². The molecule has 0 bridgehead atoms. The maximum absolute atomic E-state index is 11.9. The molecule has 0 atom stereocenters. The average molecular weight is 361 g/mol. The van der Waals surface area contributed by atoms with E-state index in [9.17, 15) is 4.79 Å². The molecule has 10 heteroatoms. The molecule has 1 amide bonds. The highest BCUT2D eigenvalue weighted by Crippen LogP contribution is 2.17. The second-order valence-corrected chi connectivity index (χ2v) is 5.57. The number of amides is 1. The predicted molar refractivity (Wildman–Crippen MR) is 97.5 cm³/mol. The third kappa shape index (κ3) is 4.12. The zero-order valence-corrected chi connectivity index (χ0v) is 14.1. The summed E-state index contributed by atoms with van der Waals surface area (Å²) in [7, 11) is 0. The molecule has 3 heterocycles. The summed E-state index contributed by atoms with van der Waals surface area (Å²) < 4.78 is 3.09. The van der Waals surface area contributed by atoms with E-state index in [4.69, 9.17) is 0 Å². The Morgan fingerprint density at radius 1 is 1.00 bits per heavy atom. The fraction of sp³-hybridized carbons (Fsp3) is 0.0588. The number of hydrogen-bond acceptors (Lipinski definition) is 7. The van der Waals surface area contributed by atoms with Crippen molar-refractivity contribution in [2.75, 3.05) is 10.6 Å². The summed E-state index contributed by atoms with van der Waals surface area (Å²) >= 11 is 0. The zero-order chi connectivity index (χ0) is 18.5. The Kier molecular flexibility index (Phi) is 4.51. The van der Waals surface area contributed by atoms with Crippen molar-refractivity contribution in [1.29, 1.82) is 0 Å². The van der Waals surface area contributed by atoms with Crippen molar-refractivity contribution in [3.8, 4) is 5.82 Å². The van der Waals surface area contributed by atoms with Crippen LogP contribution in [0.2, 0.25) is 0 Å². The van der Waals surface area contributed by atoms with E-state index in [2.05, 4.69) is 36.0 Å². The van der Waals surface area contributed by atoms with Gasteiger partial charge in [-0.1, -0.05) is 0 Å². The Labute approximate surface area is 153 Å². The monoisotopic (exact) mass is 361 g/mol. The van der Waals surface area contributed by atoms with Crippen molar-refractivity contribution in [2.24, 2.45) is 0 Å². The lowest BCUT2D eigenvalue weighted by atomic mass is 10.2. The largest absolute Gasteiger partial charge is 0.339 e. The molecular formula is C17H15N9O. The van der Waals surface area contributed by atoms with E-state index >= 15 is 0 Å². The summed E-state index contributed by atoms with van der Waals surface area (Å²) in [6, 6.07) is 12.7. The number of benzene rings is 1. The third-order valence-electron chi connectivity index (χ3n) is 3.60. The molecule has 27 heavy (non-hydrogen) atoms. The molecule has 0 aliphatic carbocycles. The van der Waals surface area contributed by atoms with Crippen molar-refractivity contribution in [1.82, 2.24) is 34.7 Å². The first kappa shape index (κ1) is 16.4. The Morgan fingerprint density at radius 3 is 2.52 bits per heavy atom. The molecule has 3 aromatic heterocycles. The number of hydrogen-bond donors (Lipinski definition) is 2. The van der Waals surface area contributed by atoms with Crippen LogP contribution in [0.1, 0.15) is 0 Å². The van der Waals surface area contributed by atoms with E-state index in [1.807, 2.05) is 30.3 Å². The highest BCUT2D eigenvalue weighted by molar-refractivity contribution is 5.90. The molecule has 2 N–H and O–H groups in total. The maximum atomic E-state index is 11.9. The van der Waals surface area contributed by atoms with Crippen LogP contribution in [-0.2, 0) is 11.3 Å². The Balaban J connectivity index is 1.35. The van der Waals surface area contributed by atoms with Gasteiger partial charge < -0.3 is 10.6 Å². The number of carbonyl (C=O) groups excluding carboxylic acids is 1. The minimum Gasteiger partial charge on any atom is -0.339 e. The number of carbonyl (C=O) groups is 1. The lowest BCUT2D eigenvalue weighted by Gasteiger charge is -2.08. The van der Waals surface area contributed by atoms with E-state index in [0.717, 1.165) is 5.69 Å². The normalized spacial score (nSPS) is 10.5. The number of nitrogens with zero attached hydrogens (tertiary/aromatic N) is 7. The lowest BCUT2D eigenvalue weighted by molar-refractivity contribution is -0.116. The highest BCUT2D eigenvalue weighted by atomic mass is 16.2. The summed E-state index contributed by atoms with van der Waals surface area (Å²) in [6.07, 6.45) is 6.36. The van der Waals surface area contributed by atoms with E-state index in [-0.39, 0.29) is 12.5 Å². The van der Waals surface area contributed by atoms with E-state index in [1.54, 1.807) is 29.2 Å². The molecule has 4 aromatic rings. The summed E-state index contributed by atoms with van der Waals surface area (Å²) in [5.74, 6) is 1.06. The van der Waals surface area contributed by atoms with Crippen LogP contribution < -0.4 is 10.6 Å². The molecule has 0 saturated carbocycles. The van der Waals surface area contributed by atoms with Gasteiger partial charge in [-0.05, 0) is 42.5 Å². The molecule has 134 valence electrons. The summed E-state index contributed by atoms with van der Waals surface area (Å²) in [4.78, 5) is 15.7. The minimum atomic E-state index is -0.179. The Hall–Kier alpha value is -4.08. The third-order valence-corrected chi connectivity index (χ3v) is 3.60. The first-order valence-corrected chi connectivity index (χ1v) is 8.09. The smallest absolute Gasteiger partial charge is 0.246 e. The summed E-state index contributed by atoms with van der Waals surface area (Å²) in [5.41, 5.74) is 1.51. The van der Waals surface area contributed by atoms with Gasteiger partial charge in [0, 0.05) is 23.8 Å². The molecule has 0 radical (unpaired) electrons. The first-order valence-electron chi connectivity index (χ1n) is 8.09. The van der Waals surface area contributed by atoms with Crippen molar-refractivity contribution in [3.05, 3.63) is 67.5 Å². The average Bonchev–Trinajstić information content (AvgIpc) is 3.38. The van der Waals surface area contributed by atoms with Gasteiger partial charge in [-0.25, -0.2) is 14.3 Å².